The minimum atomic E-state index is 0. The van der Waals surface area contributed by atoms with Gasteiger partial charge in [-0.3, -0.25) is 0 Å². The molecule has 0 aromatic heterocycles. The molecule has 0 aliphatic carbocycles. The van der Waals surface area contributed by atoms with Gasteiger partial charge in [-0.1, -0.05) is 0 Å². The molecule has 0 aromatic carbocycles. The van der Waals surface area contributed by atoms with Crippen LogP contribution in [0.5, 0.6) is 0 Å². The summed E-state index contributed by atoms with van der Waals surface area (Å²) in [4.78, 5) is 1.94. The average molecular weight is 483 g/mol. The summed E-state index contributed by atoms with van der Waals surface area (Å²) < 4.78 is 0. The molecule has 10 heavy (non-hydrogen) atoms. The van der Waals surface area contributed by atoms with Gasteiger partial charge in [0.15, 0.2) is 0 Å². The molecule has 0 saturated carbocycles. The van der Waals surface area contributed by atoms with Crippen LogP contribution in [0, 0.1) is 0 Å². The van der Waals surface area contributed by atoms with Crippen molar-refractivity contribution in [2.45, 2.75) is 6.29 Å². The smallest absolute Gasteiger partial charge is 0 e. The summed E-state index contributed by atoms with van der Waals surface area (Å²) in [6.45, 7) is 0. The Morgan fingerprint density at radius 1 is 1.00 bits per heavy atom. The van der Waals surface area contributed by atoms with Crippen molar-refractivity contribution in [1.29, 1.82) is 0 Å². The Bertz CT molecular complexity index is 56.9. The Labute approximate surface area is 91.8 Å². The molecule has 0 aliphatic heterocycles. The van der Waals surface area contributed by atoms with Crippen LogP contribution in [-0.4, -0.2) is 39.4 Å². The molecule has 62 valence electrons. The average Bonchev–Trinajstić information content (AvgIpc) is 1.69. The van der Waals surface area contributed by atoms with E-state index in [0.29, 0.717) is 0 Å². The standard InChI is InChI=1S/C5H13N3.2W/c1-6-5(7-2)8(3)4;;/h5H,1-4H3;;/q-2;;. The first-order valence-electron chi connectivity index (χ1n) is 2.56. The maximum atomic E-state index is 3.97. The Balaban J connectivity index is -0.000000245. The van der Waals surface area contributed by atoms with Crippen LogP contribution in [0.4, 0.5) is 0 Å². The summed E-state index contributed by atoms with van der Waals surface area (Å²) in [6.07, 6.45) is 0.0370. The third-order valence-corrected chi connectivity index (χ3v) is 0.924. The van der Waals surface area contributed by atoms with E-state index in [1.165, 1.54) is 0 Å². The fourth-order valence-corrected chi connectivity index (χ4v) is 0.577. The largest absolute Gasteiger partial charge is 0.668 e. The zero-order chi connectivity index (χ0) is 6.57. The third kappa shape index (κ3) is 7.36. The zero-order valence-electron chi connectivity index (χ0n) is 6.74. The molecule has 3 nitrogen and oxygen atoms in total. The van der Waals surface area contributed by atoms with Crippen LogP contribution < -0.4 is 0 Å². The molecule has 0 spiro atoms. The van der Waals surface area contributed by atoms with E-state index in [1.54, 1.807) is 14.1 Å². The van der Waals surface area contributed by atoms with Gasteiger partial charge in [0.2, 0.25) is 0 Å². The Morgan fingerprint density at radius 3 is 1.30 bits per heavy atom. The molecule has 0 saturated heterocycles. The third-order valence-electron chi connectivity index (χ3n) is 0.924. The first kappa shape index (κ1) is 17.4. The molecule has 0 radical (unpaired) electrons. The van der Waals surface area contributed by atoms with Crippen LogP contribution in [0.1, 0.15) is 0 Å². The van der Waals surface area contributed by atoms with Crippen LogP contribution >= 0.6 is 0 Å². The van der Waals surface area contributed by atoms with Gasteiger partial charge in [-0.2, -0.15) is 20.4 Å². The summed E-state index contributed by atoms with van der Waals surface area (Å²) in [5, 5.41) is 7.93. The van der Waals surface area contributed by atoms with E-state index in [-0.39, 0.29) is 48.4 Å². The minimum Gasteiger partial charge on any atom is -0.668 e. The van der Waals surface area contributed by atoms with Crippen molar-refractivity contribution in [3.63, 3.8) is 0 Å². The van der Waals surface area contributed by atoms with Gasteiger partial charge in [0.1, 0.15) is 0 Å². The van der Waals surface area contributed by atoms with E-state index < -0.39 is 0 Å². The van der Waals surface area contributed by atoms with Crippen LogP contribution in [0.25, 0.3) is 10.6 Å². The van der Waals surface area contributed by atoms with Crippen molar-refractivity contribution in [2.75, 3.05) is 28.2 Å². The summed E-state index contributed by atoms with van der Waals surface area (Å²) in [7, 11) is 7.42. The van der Waals surface area contributed by atoms with Gasteiger partial charge >= 0.3 is 0 Å². The van der Waals surface area contributed by atoms with Gasteiger partial charge in [-0.05, 0) is 14.1 Å². The number of hydrogen-bond donors (Lipinski definition) is 0. The number of hydrogen-bond acceptors (Lipinski definition) is 1. The Kier molecular flexibility index (Phi) is 17.8. The molecule has 0 atom stereocenters. The van der Waals surface area contributed by atoms with Gasteiger partial charge < -0.3 is 15.5 Å². The fraction of sp³-hybridized carbons (Fsp3) is 1.00. The molecule has 0 unspecified atom stereocenters. The summed E-state index contributed by atoms with van der Waals surface area (Å²) in [6, 6.07) is 0. The van der Waals surface area contributed by atoms with Crippen LogP contribution in [0.3, 0.4) is 0 Å². The molecular weight excluding hydrogens is 470 g/mol. The van der Waals surface area contributed by atoms with E-state index in [2.05, 4.69) is 10.6 Å². The van der Waals surface area contributed by atoms with Crippen LogP contribution in [0.2, 0.25) is 0 Å². The van der Waals surface area contributed by atoms with Crippen molar-refractivity contribution in [1.82, 2.24) is 4.90 Å². The molecule has 0 fully saturated rings. The second-order valence-corrected chi connectivity index (χ2v) is 1.83. The van der Waals surface area contributed by atoms with E-state index in [4.69, 9.17) is 0 Å². The molecule has 0 amide bonds. The zero-order valence-corrected chi connectivity index (χ0v) is 12.6. The maximum Gasteiger partial charge on any atom is 0 e. The van der Waals surface area contributed by atoms with Crippen LogP contribution in [0.15, 0.2) is 0 Å². The van der Waals surface area contributed by atoms with Crippen molar-refractivity contribution in [3.8, 4) is 0 Å². The topological polar surface area (TPSA) is 31.4 Å². The minimum absolute atomic E-state index is 0. The normalized spacial score (nSPS) is 9.00. The van der Waals surface area contributed by atoms with Gasteiger partial charge in [-0.25, -0.2) is 0 Å². The molecule has 0 N–H and O–H groups in total. The SMILES string of the molecule is C[N-]C([N-]C)N(C)C.[W].[W]. The second-order valence-electron chi connectivity index (χ2n) is 1.83. The van der Waals surface area contributed by atoms with Gasteiger partial charge in [0.05, 0.1) is 0 Å². The van der Waals surface area contributed by atoms with Crippen molar-refractivity contribution in [2.24, 2.45) is 0 Å². The van der Waals surface area contributed by atoms with Gasteiger partial charge in [0.25, 0.3) is 0 Å². The molecule has 0 aliphatic rings. The number of rotatable bonds is 3. The summed E-state index contributed by atoms with van der Waals surface area (Å²) >= 11 is 0. The fourth-order valence-electron chi connectivity index (χ4n) is 0.577. The first-order valence-corrected chi connectivity index (χ1v) is 2.56. The Morgan fingerprint density at radius 2 is 1.30 bits per heavy atom. The maximum absolute atomic E-state index is 3.97. The quantitative estimate of drug-likeness (QED) is 0.586. The monoisotopic (exact) mass is 483 g/mol. The van der Waals surface area contributed by atoms with Gasteiger partial charge in [0, 0.05) is 42.1 Å². The summed E-state index contributed by atoms with van der Waals surface area (Å²) in [5.74, 6) is 0. The van der Waals surface area contributed by atoms with E-state index in [1.807, 2.05) is 19.0 Å². The summed E-state index contributed by atoms with van der Waals surface area (Å²) in [5.41, 5.74) is 0. The molecule has 5 heteroatoms. The predicted octanol–water partition coefficient (Wildman–Crippen LogP) is 0.834. The molecule has 0 heterocycles. The second kappa shape index (κ2) is 10.3. The van der Waals surface area contributed by atoms with E-state index >= 15 is 0 Å². The first-order chi connectivity index (χ1) is 3.72. The van der Waals surface area contributed by atoms with Gasteiger partial charge in [-0.15, -0.1) is 0 Å². The van der Waals surface area contributed by atoms with Crippen molar-refractivity contribution >= 4 is 0 Å². The van der Waals surface area contributed by atoms with Crippen molar-refractivity contribution < 1.29 is 42.1 Å². The van der Waals surface area contributed by atoms with E-state index in [9.17, 15) is 0 Å². The molecular formula is C5H13N3W2-2. The number of nitrogens with zero attached hydrogens (tertiary/aromatic N) is 3. The van der Waals surface area contributed by atoms with E-state index in [0.717, 1.165) is 0 Å². The predicted molar refractivity (Wildman–Crippen MR) is 36.0 cm³/mol. The van der Waals surface area contributed by atoms with Crippen LogP contribution in [-0.2, 0) is 42.1 Å². The van der Waals surface area contributed by atoms with Crippen molar-refractivity contribution in [3.05, 3.63) is 10.6 Å². The Hall–Kier alpha value is 1.26. The molecule has 0 aromatic rings. The molecule has 0 rings (SSSR count). The molecule has 0 bridgehead atoms.